The van der Waals surface area contributed by atoms with Crippen LogP contribution in [0.25, 0.3) is 0 Å². The number of benzene rings is 3. The molecule has 3 aromatic carbocycles. The molecular weight excluding hydrogens is 355 g/mol. The highest BCUT2D eigenvalue weighted by atomic mass is 35.5. The van der Waals surface area contributed by atoms with Gasteiger partial charge < -0.3 is 10.6 Å². The van der Waals surface area contributed by atoms with E-state index in [1.54, 1.807) is 42.5 Å². The number of carbonyl (C=O) groups excluding carboxylic acids is 2. The second-order valence-electron chi connectivity index (χ2n) is 5.48. The van der Waals surface area contributed by atoms with Gasteiger partial charge in [0, 0.05) is 16.8 Å². The van der Waals surface area contributed by atoms with Crippen molar-refractivity contribution in [2.45, 2.75) is 0 Å². The number of nitrogens with one attached hydrogen (secondary N) is 2. The zero-order chi connectivity index (χ0) is 18.5. The van der Waals surface area contributed by atoms with Crippen LogP contribution < -0.4 is 10.6 Å². The van der Waals surface area contributed by atoms with Gasteiger partial charge in [0.25, 0.3) is 11.8 Å². The normalized spacial score (nSPS) is 10.2. The van der Waals surface area contributed by atoms with Crippen LogP contribution in [-0.4, -0.2) is 11.8 Å². The first-order chi connectivity index (χ1) is 12.5. The van der Waals surface area contributed by atoms with Crippen LogP contribution in [0.2, 0.25) is 5.02 Å². The van der Waals surface area contributed by atoms with Gasteiger partial charge >= 0.3 is 0 Å². The lowest BCUT2D eigenvalue weighted by atomic mass is 10.2. The molecule has 2 amide bonds. The molecule has 3 rings (SSSR count). The average molecular weight is 369 g/mol. The Morgan fingerprint density at radius 2 is 1.46 bits per heavy atom. The van der Waals surface area contributed by atoms with Gasteiger partial charge in [-0.2, -0.15) is 0 Å². The topological polar surface area (TPSA) is 58.2 Å². The van der Waals surface area contributed by atoms with Crippen molar-refractivity contribution in [2.24, 2.45) is 0 Å². The molecule has 0 heterocycles. The summed E-state index contributed by atoms with van der Waals surface area (Å²) < 4.78 is 13.2. The molecule has 26 heavy (non-hydrogen) atoms. The van der Waals surface area contributed by atoms with Gasteiger partial charge in [-0.15, -0.1) is 0 Å². The Hall–Kier alpha value is -3.18. The van der Waals surface area contributed by atoms with Crippen LogP contribution >= 0.6 is 11.6 Å². The van der Waals surface area contributed by atoms with Gasteiger partial charge in [-0.25, -0.2) is 4.39 Å². The summed E-state index contributed by atoms with van der Waals surface area (Å²) in [6, 6.07) is 18.7. The van der Waals surface area contributed by atoms with E-state index in [0.717, 1.165) is 6.07 Å². The predicted octanol–water partition coefficient (Wildman–Crippen LogP) is 4.98. The van der Waals surface area contributed by atoms with Gasteiger partial charge in [0.15, 0.2) is 0 Å². The van der Waals surface area contributed by atoms with Crippen LogP contribution in [0.15, 0.2) is 72.8 Å². The SMILES string of the molecule is O=C(Nc1ccc(Cl)c(NC(=O)c2ccccc2)c1)c1cccc(F)c1. The van der Waals surface area contributed by atoms with Crippen LogP contribution in [0.3, 0.4) is 0 Å². The van der Waals surface area contributed by atoms with Crippen molar-refractivity contribution >= 4 is 34.8 Å². The number of hydrogen-bond acceptors (Lipinski definition) is 2. The van der Waals surface area contributed by atoms with E-state index in [0.29, 0.717) is 22.0 Å². The van der Waals surface area contributed by atoms with Gasteiger partial charge in [-0.05, 0) is 48.5 Å². The largest absolute Gasteiger partial charge is 0.322 e. The maximum Gasteiger partial charge on any atom is 0.255 e. The Bertz CT molecular complexity index is 961. The lowest BCUT2D eigenvalue weighted by molar-refractivity contribution is 0.101. The van der Waals surface area contributed by atoms with E-state index in [4.69, 9.17) is 11.6 Å². The zero-order valence-electron chi connectivity index (χ0n) is 13.5. The third-order valence-corrected chi connectivity index (χ3v) is 3.92. The van der Waals surface area contributed by atoms with Crippen LogP contribution in [0.4, 0.5) is 15.8 Å². The van der Waals surface area contributed by atoms with Crippen molar-refractivity contribution in [2.75, 3.05) is 10.6 Å². The molecule has 0 saturated carbocycles. The van der Waals surface area contributed by atoms with Crippen molar-refractivity contribution < 1.29 is 14.0 Å². The van der Waals surface area contributed by atoms with Crippen molar-refractivity contribution in [3.8, 4) is 0 Å². The molecule has 2 N–H and O–H groups in total. The summed E-state index contributed by atoms with van der Waals surface area (Å²) in [5.41, 5.74) is 1.46. The van der Waals surface area contributed by atoms with E-state index in [1.165, 1.54) is 18.2 Å². The highest BCUT2D eigenvalue weighted by Gasteiger charge is 2.11. The first-order valence-corrected chi connectivity index (χ1v) is 8.13. The maximum absolute atomic E-state index is 13.2. The van der Waals surface area contributed by atoms with Crippen LogP contribution in [0, 0.1) is 5.82 Å². The molecule has 0 fully saturated rings. The first kappa shape index (κ1) is 17.6. The standard InChI is InChI=1S/C20H14ClFN2O2/c21-17-10-9-16(23-20(26)14-7-4-8-15(22)11-14)12-18(17)24-19(25)13-5-2-1-3-6-13/h1-12H,(H,23,26)(H,24,25). The van der Waals surface area contributed by atoms with E-state index in [-0.39, 0.29) is 11.5 Å². The van der Waals surface area contributed by atoms with Gasteiger partial charge in [0.05, 0.1) is 10.7 Å². The Balaban J connectivity index is 1.77. The monoisotopic (exact) mass is 368 g/mol. The minimum absolute atomic E-state index is 0.190. The summed E-state index contributed by atoms with van der Waals surface area (Å²) in [5, 5.41) is 5.69. The molecule has 3 aromatic rings. The second-order valence-corrected chi connectivity index (χ2v) is 5.89. The summed E-state index contributed by atoms with van der Waals surface area (Å²) in [6.45, 7) is 0. The van der Waals surface area contributed by atoms with Gasteiger partial charge in [-0.3, -0.25) is 9.59 Å². The lowest BCUT2D eigenvalue weighted by Crippen LogP contribution is -2.14. The number of halogens is 2. The predicted molar refractivity (Wildman–Crippen MR) is 100 cm³/mol. The Labute approximate surface area is 154 Å². The molecule has 0 atom stereocenters. The number of anilines is 2. The molecule has 0 aliphatic carbocycles. The average Bonchev–Trinajstić information content (AvgIpc) is 2.65. The lowest BCUT2D eigenvalue weighted by Gasteiger charge is -2.11. The molecule has 0 aliphatic rings. The van der Waals surface area contributed by atoms with E-state index in [9.17, 15) is 14.0 Å². The fourth-order valence-corrected chi connectivity index (χ4v) is 2.48. The third kappa shape index (κ3) is 4.26. The minimum atomic E-state index is -0.496. The molecule has 0 aromatic heterocycles. The molecule has 0 spiro atoms. The fourth-order valence-electron chi connectivity index (χ4n) is 2.32. The zero-order valence-corrected chi connectivity index (χ0v) is 14.3. The first-order valence-electron chi connectivity index (χ1n) is 7.76. The summed E-state index contributed by atoms with van der Waals surface area (Å²) in [6.07, 6.45) is 0. The van der Waals surface area contributed by atoms with Crippen LogP contribution in [0.5, 0.6) is 0 Å². The Morgan fingerprint density at radius 3 is 2.19 bits per heavy atom. The highest BCUT2D eigenvalue weighted by Crippen LogP contribution is 2.26. The minimum Gasteiger partial charge on any atom is -0.322 e. The van der Waals surface area contributed by atoms with E-state index in [2.05, 4.69) is 10.6 Å². The molecule has 0 saturated heterocycles. The summed E-state index contributed by atoms with van der Waals surface area (Å²) >= 11 is 6.13. The van der Waals surface area contributed by atoms with Gasteiger partial charge in [0.2, 0.25) is 0 Å². The number of hydrogen-bond donors (Lipinski definition) is 2. The van der Waals surface area contributed by atoms with Crippen molar-refractivity contribution in [3.05, 3.63) is 94.8 Å². The van der Waals surface area contributed by atoms with E-state index >= 15 is 0 Å². The molecule has 0 radical (unpaired) electrons. The molecule has 0 bridgehead atoms. The smallest absolute Gasteiger partial charge is 0.255 e. The van der Waals surface area contributed by atoms with E-state index in [1.807, 2.05) is 6.07 Å². The van der Waals surface area contributed by atoms with Gasteiger partial charge in [0.1, 0.15) is 5.82 Å². The van der Waals surface area contributed by atoms with Gasteiger partial charge in [-0.1, -0.05) is 35.9 Å². The van der Waals surface area contributed by atoms with Crippen molar-refractivity contribution in [1.82, 2.24) is 0 Å². The summed E-state index contributed by atoms with van der Waals surface area (Å²) in [7, 11) is 0. The Kier molecular flexibility index (Phi) is 5.29. The molecular formula is C20H14ClFN2O2. The highest BCUT2D eigenvalue weighted by molar-refractivity contribution is 6.34. The van der Waals surface area contributed by atoms with Crippen molar-refractivity contribution in [3.63, 3.8) is 0 Å². The quantitative estimate of drug-likeness (QED) is 0.682. The Morgan fingerprint density at radius 1 is 0.769 bits per heavy atom. The van der Waals surface area contributed by atoms with Crippen LogP contribution in [0.1, 0.15) is 20.7 Å². The molecule has 0 unspecified atom stereocenters. The van der Waals surface area contributed by atoms with Crippen molar-refractivity contribution in [1.29, 1.82) is 0 Å². The number of carbonyl (C=O) groups is 2. The maximum atomic E-state index is 13.2. The molecule has 4 nitrogen and oxygen atoms in total. The number of amides is 2. The molecule has 130 valence electrons. The molecule has 6 heteroatoms. The molecule has 0 aliphatic heterocycles. The van der Waals surface area contributed by atoms with E-state index < -0.39 is 11.7 Å². The third-order valence-electron chi connectivity index (χ3n) is 3.60. The second kappa shape index (κ2) is 7.80. The summed E-state index contributed by atoms with van der Waals surface area (Å²) in [4.78, 5) is 24.5. The fraction of sp³-hybridized carbons (Fsp3) is 0. The van der Waals surface area contributed by atoms with Crippen LogP contribution in [-0.2, 0) is 0 Å². The summed E-state index contributed by atoms with van der Waals surface area (Å²) in [5.74, 6) is -1.28. The number of rotatable bonds is 4.